The van der Waals surface area contributed by atoms with Crippen molar-refractivity contribution in [1.82, 2.24) is 0 Å². The van der Waals surface area contributed by atoms with Crippen molar-refractivity contribution in [2.45, 2.75) is 19.5 Å². The number of esters is 1. The monoisotopic (exact) mass is 226 g/mol. The molecule has 6 heteroatoms. The Kier molecular flexibility index (Phi) is 3.96. The summed E-state index contributed by atoms with van der Waals surface area (Å²) in [7, 11) is 0. The highest BCUT2D eigenvalue weighted by Gasteiger charge is 2.51. The van der Waals surface area contributed by atoms with E-state index in [1.165, 1.54) is 6.92 Å². The van der Waals surface area contributed by atoms with Crippen molar-refractivity contribution in [1.29, 1.82) is 0 Å². The van der Waals surface area contributed by atoms with Crippen molar-refractivity contribution in [3.8, 4) is 0 Å². The lowest BCUT2D eigenvalue weighted by Crippen LogP contribution is -2.38. The lowest BCUT2D eigenvalue weighted by molar-refractivity contribution is -0.207. The van der Waals surface area contributed by atoms with Gasteiger partial charge in [0.05, 0.1) is 13.2 Å². The van der Waals surface area contributed by atoms with Crippen molar-refractivity contribution in [3.05, 3.63) is 0 Å². The summed E-state index contributed by atoms with van der Waals surface area (Å²) >= 11 is 0. The zero-order chi connectivity index (χ0) is 11.5. The molecule has 0 N–H and O–H groups in total. The predicted molar refractivity (Wildman–Crippen MR) is 45.1 cm³/mol. The summed E-state index contributed by atoms with van der Waals surface area (Å²) in [6, 6.07) is 0. The topological polar surface area (TPSA) is 35.5 Å². The third-order valence-corrected chi connectivity index (χ3v) is 2.33. The molecular formula is C9H13F3O3. The average Bonchev–Trinajstić information content (AvgIpc) is 2.55. The van der Waals surface area contributed by atoms with Crippen LogP contribution in [0.2, 0.25) is 0 Å². The van der Waals surface area contributed by atoms with Gasteiger partial charge in [-0.15, -0.1) is 0 Å². The first kappa shape index (κ1) is 12.3. The number of alkyl halides is 3. The SMILES string of the molecule is CCOC(=O)C(C1CCOC1)C(F)(F)F. The minimum atomic E-state index is -4.55. The smallest absolute Gasteiger partial charge is 0.402 e. The highest BCUT2D eigenvalue weighted by molar-refractivity contribution is 5.73. The second kappa shape index (κ2) is 4.83. The minimum Gasteiger partial charge on any atom is -0.466 e. The molecule has 1 saturated heterocycles. The maximum Gasteiger partial charge on any atom is 0.402 e. The second-order valence-corrected chi connectivity index (χ2v) is 3.40. The Balaban J connectivity index is 2.72. The molecule has 0 spiro atoms. The number of carbonyl (C=O) groups excluding carboxylic acids is 1. The number of hydrogen-bond donors (Lipinski definition) is 0. The van der Waals surface area contributed by atoms with Crippen molar-refractivity contribution in [2.75, 3.05) is 19.8 Å². The standard InChI is InChI=1S/C9H13F3O3/c1-2-15-8(13)7(9(10,11)12)6-3-4-14-5-6/h6-7H,2-5H2,1H3. The lowest BCUT2D eigenvalue weighted by atomic mass is 9.91. The van der Waals surface area contributed by atoms with Gasteiger partial charge in [-0.3, -0.25) is 4.79 Å². The van der Waals surface area contributed by atoms with Crippen LogP contribution in [0.4, 0.5) is 13.2 Å². The second-order valence-electron chi connectivity index (χ2n) is 3.40. The molecule has 1 heterocycles. The van der Waals surface area contributed by atoms with Gasteiger partial charge in [-0.05, 0) is 13.3 Å². The maximum absolute atomic E-state index is 12.6. The number of halogens is 3. The van der Waals surface area contributed by atoms with E-state index < -0.39 is 24.0 Å². The Morgan fingerprint density at radius 3 is 2.67 bits per heavy atom. The van der Waals surface area contributed by atoms with E-state index in [0.29, 0.717) is 0 Å². The molecule has 0 aliphatic carbocycles. The quantitative estimate of drug-likeness (QED) is 0.688. The molecule has 1 fully saturated rings. The van der Waals surface area contributed by atoms with E-state index in [4.69, 9.17) is 4.74 Å². The maximum atomic E-state index is 12.6. The van der Waals surface area contributed by atoms with E-state index in [-0.39, 0.29) is 26.2 Å². The number of hydrogen-bond acceptors (Lipinski definition) is 3. The summed E-state index contributed by atoms with van der Waals surface area (Å²) in [5.74, 6) is -4.04. The highest BCUT2D eigenvalue weighted by Crippen LogP contribution is 2.36. The first-order chi connectivity index (χ1) is 6.96. The van der Waals surface area contributed by atoms with E-state index in [1.54, 1.807) is 0 Å². The van der Waals surface area contributed by atoms with Crippen molar-refractivity contribution < 1.29 is 27.4 Å². The van der Waals surface area contributed by atoms with E-state index in [9.17, 15) is 18.0 Å². The zero-order valence-electron chi connectivity index (χ0n) is 8.34. The van der Waals surface area contributed by atoms with Crippen LogP contribution in [0.5, 0.6) is 0 Å². The van der Waals surface area contributed by atoms with Crippen molar-refractivity contribution in [3.63, 3.8) is 0 Å². The molecule has 0 saturated carbocycles. The fraction of sp³-hybridized carbons (Fsp3) is 0.889. The van der Waals surface area contributed by atoms with Crippen LogP contribution < -0.4 is 0 Å². The molecule has 0 bridgehead atoms. The molecule has 0 amide bonds. The third kappa shape index (κ3) is 3.09. The van der Waals surface area contributed by atoms with Gasteiger partial charge < -0.3 is 9.47 Å². The van der Waals surface area contributed by atoms with Crippen LogP contribution in [0.15, 0.2) is 0 Å². The Morgan fingerprint density at radius 2 is 2.27 bits per heavy atom. The molecule has 3 nitrogen and oxygen atoms in total. The summed E-state index contributed by atoms with van der Waals surface area (Å²) in [6.07, 6.45) is -4.30. The predicted octanol–water partition coefficient (Wildman–Crippen LogP) is 1.76. The van der Waals surface area contributed by atoms with Crippen LogP contribution in [0.1, 0.15) is 13.3 Å². The van der Waals surface area contributed by atoms with Crippen molar-refractivity contribution >= 4 is 5.97 Å². The molecule has 1 rings (SSSR count). The van der Waals surface area contributed by atoms with Gasteiger partial charge in [0.25, 0.3) is 0 Å². The molecule has 0 aromatic heterocycles. The Labute approximate surface area is 85.5 Å². The molecule has 2 unspecified atom stereocenters. The van der Waals surface area contributed by atoms with Gasteiger partial charge >= 0.3 is 12.1 Å². The molecule has 0 aromatic rings. The van der Waals surface area contributed by atoms with Gasteiger partial charge in [-0.2, -0.15) is 13.2 Å². The molecule has 15 heavy (non-hydrogen) atoms. The normalized spacial score (nSPS) is 23.9. The van der Waals surface area contributed by atoms with E-state index in [1.807, 2.05) is 0 Å². The summed E-state index contributed by atoms with van der Waals surface area (Å²) < 4.78 is 47.1. The number of ether oxygens (including phenoxy) is 2. The van der Waals surface area contributed by atoms with E-state index in [0.717, 1.165) is 0 Å². The summed E-state index contributed by atoms with van der Waals surface area (Å²) in [4.78, 5) is 11.2. The third-order valence-electron chi connectivity index (χ3n) is 2.33. The first-order valence-electron chi connectivity index (χ1n) is 4.78. The van der Waals surface area contributed by atoms with Gasteiger partial charge in [-0.25, -0.2) is 0 Å². The molecule has 1 aliphatic heterocycles. The molecule has 88 valence electrons. The van der Waals surface area contributed by atoms with Crippen LogP contribution >= 0.6 is 0 Å². The zero-order valence-corrected chi connectivity index (χ0v) is 8.34. The van der Waals surface area contributed by atoms with Gasteiger partial charge in [-0.1, -0.05) is 0 Å². The first-order valence-corrected chi connectivity index (χ1v) is 4.78. The number of rotatable bonds is 3. The molecule has 1 aliphatic rings. The Hall–Kier alpha value is -0.780. The molecule has 2 atom stereocenters. The lowest BCUT2D eigenvalue weighted by Gasteiger charge is -2.22. The fourth-order valence-electron chi connectivity index (χ4n) is 1.64. The van der Waals surface area contributed by atoms with Crippen LogP contribution in [-0.2, 0) is 14.3 Å². The van der Waals surface area contributed by atoms with Crippen LogP contribution in [0, 0.1) is 11.8 Å². The highest BCUT2D eigenvalue weighted by atomic mass is 19.4. The number of carbonyl (C=O) groups is 1. The van der Waals surface area contributed by atoms with E-state index >= 15 is 0 Å². The minimum absolute atomic E-state index is 0.0248. The average molecular weight is 226 g/mol. The molecular weight excluding hydrogens is 213 g/mol. The van der Waals surface area contributed by atoms with Crippen LogP contribution in [0.25, 0.3) is 0 Å². The van der Waals surface area contributed by atoms with Crippen LogP contribution in [-0.4, -0.2) is 32.0 Å². The van der Waals surface area contributed by atoms with Crippen molar-refractivity contribution in [2.24, 2.45) is 11.8 Å². The summed E-state index contributed by atoms with van der Waals surface area (Å²) in [6.45, 7) is 1.69. The molecule has 0 aromatic carbocycles. The van der Waals surface area contributed by atoms with Gasteiger partial charge in [0.2, 0.25) is 0 Å². The summed E-state index contributed by atoms with van der Waals surface area (Å²) in [5, 5.41) is 0. The van der Waals surface area contributed by atoms with Gasteiger partial charge in [0, 0.05) is 12.5 Å². The fourth-order valence-corrected chi connectivity index (χ4v) is 1.64. The Bertz CT molecular complexity index is 221. The Morgan fingerprint density at radius 1 is 1.60 bits per heavy atom. The van der Waals surface area contributed by atoms with Gasteiger partial charge in [0.15, 0.2) is 5.92 Å². The molecule has 0 radical (unpaired) electrons. The summed E-state index contributed by atoms with van der Waals surface area (Å²) in [5.41, 5.74) is 0. The largest absolute Gasteiger partial charge is 0.466 e. The van der Waals surface area contributed by atoms with E-state index in [2.05, 4.69) is 4.74 Å². The van der Waals surface area contributed by atoms with Gasteiger partial charge in [0.1, 0.15) is 0 Å². The van der Waals surface area contributed by atoms with Crippen LogP contribution in [0.3, 0.4) is 0 Å².